The molecular weight excluding hydrogens is 268 g/mol. The number of carbonyl (C=O) groups is 1. The van der Waals surface area contributed by atoms with Crippen LogP contribution in [0.5, 0.6) is 0 Å². The molecule has 0 aliphatic carbocycles. The molecule has 120 valence electrons. The van der Waals surface area contributed by atoms with Gasteiger partial charge < -0.3 is 14.9 Å². The second-order valence-corrected chi connectivity index (χ2v) is 5.17. The van der Waals surface area contributed by atoms with E-state index in [1.54, 1.807) is 11.6 Å². The van der Waals surface area contributed by atoms with Crippen LogP contribution in [-0.2, 0) is 7.05 Å². The molecule has 0 aliphatic heterocycles. The minimum Gasteiger partial charge on any atom is -0.477 e. The molecule has 0 saturated heterocycles. The summed E-state index contributed by atoms with van der Waals surface area (Å²) in [6.07, 6.45) is 1.01. The van der Waals surface area contributed by atoms with Crippen molar-refractivity contribution in [1.82, 2.24) is 14.7 Å². The molecule has 1 heterocycles. The molecule has 1 aromatic rings. The largest absolute Gasteiger partial charge is 0.477 e. The van der Waals surface area contributed by atoms with E-state index in [-0.39, 0.29) is 0 Å². The van der Waals surface area contributed by atoms with E-state index in [2.05, 4.69) is 28.7 Å². The van der Waals surface area contributed by atoms with Crippen molar-refractivity contribution in [3.63, 3.8) is 0 Å². The molecular formula is C15H28N4O2. The molecule has 21 heavy (non-hydrogen) atoms. The molecule has 0 aromatic carbocycles. The Labute approximate surface area is 127 Å². The maximum Gasteiger partial charge on any atom is 0.341 e. The number of hydrogen-bond acceptors (Lipinski definition) is 4. The molecule has 0 amide bonds. The summed E-state index contributed by atoms with van der Waals surface area (Å²) in [6.45, 7) is 12.9. The first-order chi connectivity index (χ1) is 9.96. The van der Waals surface area contributed by atoms with Crippen LogP contribution in [0, 0.1) is 6.92 Å². The van der Waals surface area contributed by atoms with Crippen LogP contribution in [-0.4, -0.2) is 58.5 Å². The van der Waals surface area contributed by atoms with Crippen molar-refractivity contribution < 1.29 is 9.90 Å². The van der Waals surface area contributed by atoms with E-state index in [1.165, 1.54) is 0 Å². The molecule has 0 spiro atoms. The lowest BCUT2D eigenvalue weighted by Crippen LogP contribution is -2.31. The van der Waals surface area contributed by atoms with Crippen molar-refractivity contribution in [3.05, 3.63) is 11.3 Å². The van der Waals surface area contributed by atoms with Crippen molar-refractivity contribution in [2.45, 2.75) is 34.1 Å². The average molecular weight is 296 g/mol. The van der Waals surface area contributed by atoms with E-state index in [9.17, 15) is 9.90 Å². The highest BCUT2D eigenvalue weighted by molar-refractivity contribution is 5.94. The van der Waals surface area contributed by atoms with Crippen LogP contribution < -0.4 is 4.90 Å². The first kappa shape index (κ1) is 17.5. The van der Waals surface area contributed by atoms with Crippen molar-refractivity contribution in [2.75, 3.05) is 37.6 Å². The van der Waals surface area contributed by atoms with Crippen LogP contribution in [0.15, 0.2) is 0 Å². The van der Waals surface area contributed by atoms with Gasteiger partial charge in [-0.25, -0.2) is 4.79 Å². The fraction of sp³-hybridized carbons (Fsp3) is 0.733. The summed E-state index contributed by atoms with van der Waals surface area (Å²) in [5.74, 6) is -0.195. The maximum absolute atomic E-state index is 11.5. The fourth-order valence-corrected chi connectivity index (χ4v) is 2.70. The average Bonchev–Trinajstić information content (AvgIpc) is 2.74. The molecule has 0 radical (unpaired) electrons. The molecule has 0 saturated carbocycles. The van der Waals surface area contributed by atoms with E-state index in [4.69, 9.17) is 0 Å². The Morgan fingerprint density at radius 2 is 1.81 bits per heavy atom. The van der Waals surface area contributed by atoms with Crippen molar-refractivity contribution in [2.24, 2.45) is 7.05 Å². The van der Waals surface area contributed by atoms with Gasteiger partial charge in [0.25, 0.3) is 0 Å². The number of carboxylic acids is 1. The van der Waals surface area contributed by atoms with E-state index in [0.717, 1.165) is 39.1 Å². The van der Waals surface area contributed by atoms with Gasteiger partial charge in [-0.3, -0.25) is 4.68 Å². The minimum atomic E-state index is -0.905. The molecule has 1 aromatic heterocycles. The van der Waals surface area contributed by atoms with Gasteiger partial charge in [-0.15, -0.1) is 0 Å². The molecule has 1 rings (SSSR count). The van der Waals surface area contributed by atoms with E-state index < -0.39 is 5.97 Å². The summed E-state index contributed by atoms with van der Waals surface area (Å²) in [4.78, 5) is 15.9. The van der Waals surface area contributed by atoms with Crippen LogP contribution >= 0.6 is 0 Å². The molecule has 0 aliphatic rings. The zero-order valence-electron chi connectivity index (χ0n) is 13.9. The number of aryl methyl sites for hydroxylation is 2. The Bertz CT molecular complexity index is 466. The molecule has 0 atom stereocenters. The first-order valence-corrected chi connectivity index (χ1v) is 7.70. The van der Waals surface area contributed by atoms with Gasteiger partial charge in [-0.2, -0.15) is 5.10 Å². The Hall–Kier alpha value is -1.56. The number of rotatable bonds is 9. The number of nitrogens with zero attached hydrogens (tertiary/aromatic N) is 4. The lowest BCUT2D eigenvalue weighted by Gasteiger charge is -2.25. The standard InChI is InChI=1S/C15H28N4O2/c1-6-18(7-2)10-9-11-19(8-3)14-13(15(20)21)12(4)16-17(14)5/h6-11H2,1-5H3,(H,20,21). The monoisotopic (exact) mass is 296 g/mol. The Kier molecular flexibility index (Phi) is 6.68. The smallest absolute Gasteiger partial charge is 0.341 e. The number of aromatic nitrogens is 2. The summed E-state index contributed by atoms with van der Waals surface area (Å²) in [6, 6.07) is 0. The van der Waals surface area contributed by atoms with Gasteiger partial charge in [0.1, 0.15) is 11.4 Å². The van der Waals surface area contributed by atoms with E-state index >= 15 is 0 Å². The number of carboxylic acid groups (broad SMARTS) is 1. The molecule has 6 heteroatoms. The topological polar surface area (TPSA) is 61.6 Å². The quantitative estimate of drug-likeness (QED) is 0.755. The summed E-state index contributed by atoms with van der Waals surface area (Å²) in [5.41, 5.74) is 0.893. The highest BCUT2D eigenvalue weighted by Gasteiger charge is 2.23. The fourth-order valence-electron chi connectivity index (χ4n) is 2.70. The molecule has 0 fully saturated rings. The Morgan fingerprint density at radius 3 is 2.29 bits per heavy atom. The SMILES string of the molecule is CCN(CC)CCCN(CC)c1c(C(=O)O)c(C)nn1C. The maximum atomic E-state index is 11.5. The van der Waals surface area contributed by atoms with Crippen LogP contribution in [0.1, 0.15) is 43.2 Å². The van der Waals surface area contributed by atoms with Gasteiger partial charge in [0.05, 0.1) is 5.69 Å². The Balaban J connectivity index is 2.83. The number of anilines is 1. The predicted molar refractivity (Wildman–Crippen MR) is 85.2 cm³/mol. The minimum absolute atomic E-state index is 0.321. The van der Waals surface area contributed by atoms with Gasteiger partial charge in [0, 0.05) is 20.1 Å². The Morgan fingerprint density at radius 1 is 1.19 bits per heavy atom. The molecule has 6 nitrogen and oxygen atoms in total. The van der Waals surface area contributed by atoms with E-state index in [0.29, 0.717) is 17.1 Å². The van der Waals surface area contributed by atoms with Crippen molar-refractivity contribution >= 4 is 11.8 Å². The summed E-state index contributed by atoms with van der Waals surface area (Å²) < 4.78 is 1.68. The predicted octanol–water partition coefficient (Wildman–Crippen LogP) is 1.98. The summed E-state index contributed by atoms with van der Waals surface area (Å²) >= 11 is 0. The number of aromatic carboxylic acids is 1. The lowest BCUT2D eigenvalue weighted by atomic mass is 10.2. The zero-order valence-corrected chi connectivity index (χ0v) is 13.9. The van der Waals surface area contributed by atoms with Crippen LogP contribution in [0.4, 0.5) is 5.82 Å². The molecule has 1 N–H and O–H groups in total. The third kappa shape index (κ3) is 4.20. The zero-order chi connectivity index (χ0) is 16.0. The first-order valence-electron chi connectivity index (χ1n) is 7.70. The third-order valence-corrected chi connectivity index (χ3v) is 3.88. The third-order valence-electron chi connectivity index (χ3n) is 3.88. The van der Waals surface area contributed by atoms with E-state index in [1.807, 2.05) is 14.0 Å². The van der Waals surface area contributed by atoms with Crippen LogP contribution in [0.2, 0.25) is 0 Å². The van der Waals surface area contributed by atoms with Crippen molar-refractivity contribution in [1.29, 1.82) is 0 Å². The van der Waals surface area contributed by atoms with Gasteiger partial charge in [0.2, 0.25) is 0 Å². The highest BCUT2D eigenvalue weighted by atomic mass is 16.4. The summed E-state index contributed by atoms with van der Waals surface area (Å²) in [5, 5.41) is 13.7. The van der Waals surface area contributed by atoms with Gasteiger partial charge >= 0.3 is 5.97 Å². The normalized spacial score (nSPS) is 11.1. The van der Waals surface area contributed by atoms with Gasteiger partial charge in [-0.1, -0.05) is 13.8 Å². The highest BCUT2D eigenvalue weighted by Crippen LogP contribution is 2.23. The van der Waals surface area contributed by atoms with Gasteiger partial charge in [0.15, 0.2) is 0 Å². The number of hydrogen-bond donors (Lipinski definition) is 1. The molecule has 0 bridgehead atoms. The molecule has 0 unspecified atom stereocenters. The van der Waals surface area contributed by atoms with Crippen molar-refractivity contribution in [3.8, 4) is 0 Å². The lowest BCUT2D eigenvalue weighted by molar-refractivity contribution is 0.0696. The summed E-state index contributed by atoms with van der Waals surface area (Å²) in [7, 11) is 1.81. The van der Waals surface area contributed by atoms with Crippen LogP contribution in [0.25, 0.3) is 0 Å². The second kappa shape index (κ2) is 8.02. The van der Waals surface area contributed by atoms with Gasteiger partial charge in [-0.05, 0) is 39.9 Å². The second-order valence-electron chi connectivity index (χ2n) is 5.17. The van der Waals surface area contributed by atoms with Crippen LogP contribution in [0.3, 0.4) is 0 Å².